The van der Waals surface area contributed by atoms with E-state index in [9.17, 15) is 4.79 Å². The van der Waals surface area contributed by atoms with Crippen LogP contribution >= 0.6 is 0 Å². The van der Waals surface area contributed by atoms with Crippen LogP contribution in [0.25, 0.3) is 0 Å². The highest BCUT2D eigenvalue weighted by atomic mass is 16.1. The highest BCUT2D eigenvalue weighted by Gasteiger charge is 2.28. The van der Waals surface area contributed by atoms with Gasteiger partial charge in [-0.1, -0.05) is 5.57 Å². The molecule has 136 valence electrons. The number of H-pyrrole nitrogens is 1. The molecule has 4 rings (SSSR count). The molecular weight excluding hydrogens is 328 g/mol. The highest BCUT2D eigenvalue weighted by molar-refractivity contribution is 5.88. The number of allylic oxidation sites excluding steroid dienone is 1. The molecule has 1 saturated carbocycles. The van der Waals surface area contributed by atoms with Gasteiger partial charge in [0.1, 0.15) is 0 Å². The first-order valence-corrected chi connectivity index (χ1v) is 9.24. The Hall–Kier alpha value is -2.70. The van der Waals surface area contributed by atoms with Gasteiger partial charge in [0.05, 0.1) is 11.9 Å². The molecule has 2 aromatic rings. The molecule has 26 heavy (non-hydrogen) atoms. The molecule has 1 aliphatic heterocycles. The van der Waals surface area contributed by atoms with Gasteiger partial charge in [0.2, 0.25) is 5.91 Å². The molecular formula is C19H24N6O. The monoisotopic (exact) mass is 352 g/mol. The fraction of sp³-hybridized carbons (Fsp3) is 0.474. The number of nitrogens with one attached hydrogen (secondary N) is 2. The summed E-state index contributed by atoms with van der Waals surface area (Å²) >= 11 is 0. The maximum absolute atomic E-state index is 12.0. The number of carbonyl (C=O) groups is 1. The van der Waals surface area contributed by atoms with E-state index in [-0.39, 0.29) is 5.91 Å². The van der Waals surface area contributed by atoms with Crippen molar-refractivity contribution in [1.29, 1.82) is 0 Å². The Morgan fingerprint density at radius 1 is 1.38 bits per heavy atom. The Bertz CT molecular complexity index is 804. The van der Waals surface area contributed by atoms with E-state index in [1.54, 1.807) is 6.08 Å². The van der Waals surface area contributed by atoms with Crippen molar-refractivity contribution < 1.29 is 4.79 Å². The van der Waals surface area contributed by atoms with Crippen LogP contribution in [0.1, 0.15) is 48.6 Å². The highest BCUT2D eigenvalue weighted by Crippen LogP contribution is 2.30. The van der Waals surface area contributed by atoms with Crippen LogP contribution in [0.2, 0.25) is 0 Å². The number of aryl methyl sites for hydroxylation is 1. The third kappa shape index (κ3) is 3.61. The molecule has 2 N–H and O–H groups in total. The molecule has 0 aromatic carbocycles. The number of amides is 1. The van der Waals surface area contributed by atoms with Crippen LogP contribution in [0.15, 0.2) is 30.0 Å². The number of carbonyl (C=O) groups excluding carboxylic acids is 1. The van der Waals surface area contributed by atoms with Crippen LogP contribution in [-0.4, -0.2) is 39.4 Å². The summed E-state index contributed by atoms with van der Waals surface area (Å²) in [6.45, 7) is 4.27. The second-order valence-electron chi connectivity index (χ2n) is 7.15. The molecule has 1 atom stereocenters. The lowest BCUT2D eigenvalue weighted by molar-refractivity contribution is -0.116. The van der Waals surface area contributed by atoms with Crippen molar-refractivity contribution in [3.8, 4) is 0 Å². The predicted octanol–water partition coefficient (Wildman–Crippen LogP) is 2.23. The van der Waals surface area contributed by atoms with E-state index in [0.717, 1.165) is 55.1 Å². The Morgan fingerprint density at radius 2 is 2.27 bits per heavy atom. The van der Waals surface area contributed by atoms with Gasteiger partial charge in [-0.3, -0.25) is 9.89 Å². The molecule has 3 heterocycles. The summed E-state index contributed by atoms with van der Waals surface area (Å²) in [4.78, 5) is 14.2. The second kappa shape index (κ2) is 7.27. The second-order valence-corrected chi connectivity index (χ2v) is 7.15. The van der Waals surface area contributed by atoms with E-state index in [0.29, 0.717) is 12.5 Å². The van der Waals surface area contributed by atoms with Crippen molar-refractivity contribution in [3.05, 3.63) is 46.9 Å². The molecule has 7 heteroatoms. The maximum atomic E-state index is 12.0. The average molecular weight is 352 g/mol. The van der Waals surface area contributed by atoms with Crippen LogP contribution in [0.5, 0.6) is 0 Å². The molecule has 1 saturated heterocycles. The summed E-state index contributed by atoms with van der Waals surface area (Å²) in [6, 6.07) is 4.01. The number of rotatable bonds is 5. The minimum atomic E-state index is -0.00479. The van der Waals surface area contributed by atoms with Gasteiger partial charge in [-0.15, -0.1) is 5.10 Å². The molecule has 2 aliphatic rings. The first-order valence-electron chi connectivity index (χ1n) is 9.24. The van der Waals surface area contributed by atoms with E-state index in [4.69, 9.17) is 0 Å². The Morgan fingerprint density at radius 3 is 3.00 bits per heavy atom. The number of aromatic amines is 1. The number of hydrogen-bond donors (Lipinski definition) is 2. The minimum absolute atomic E-state index is 0.00479. The third-order valence-electron chi connectivity index (χ3n) is 5.24. The molecule has 1 amide bonds. The predicted molar refractivity (Wildman–Crippen MR) is 98.7 cm³/mol. The van der Waals surface area contributed by atoms with Crippen molar-refractivity contribution in [2.75, 3.05) is 18.0 Å². The summed E-state index contributed by atoms with van der Waals surface area (Å²) in [5.74, 6) is 1.27. The Balaban J connectivity index is 1.37. The number of nitrogens with zero attached hydrogens (tertiary/aromatic N) is 4. The summed E-state index contributed by atoms with van der Waals surface area (Å²) < 4.78 is 0. The van der Waals surface area contributed by atoms with Gasteiger partial charge in [0, 0.05) is 42.9 Å². The zero-order valence-electron chi connectivity index (χ0n) is 15.0. The van der Waals surface area contributed by atoms with Crippen LogP contribution in [-0.2, 0) is 11.3 Å². The third-order valence-corrected chi connectivity index (χ3v) is 5.24. The zero-order chi connectivity index (χ0) is 17.9. The SMILES string of the molecule is Cc1ccc(N2CCC(c3[nH]ncc3CNC(=O)C=C3CCC3)C2)nn1. The van der Waals surface area contributed by atoms with Crippen molar-refractivity contribution >= 4 is 11.7 Å². The minimum Gasteiger partial charge on any atom is -0.354 e. The van der Waals surface area contributed by atoms with Crippen LogP contribution in [0.3, 0.4) is 0 Å². The quantitative estimate of drug-likeness (QED) is 0.806. The summed E-state index contributed by atoms with van der Waals surface area (Å²) in [5.41, 5.74) is 4.35. The van der Waals surface area contributed by atoms with E-state index < -0.39 is 0 Å². The standard InChI is InChI=1S/C19H24N6O/c1-13-5-6-17(23-22-13)25-8-7-15(12-25)19-16(11-21-24-19)10-20-18(26)9-14-3-2-4-14/h5-6,9,11,15H,2-4,7-8,10,12H2,1H3,(H,20,26)(H,21,24). The van der Waals surface area contributed by atoms with Gasteiger partial charge < -0.3 is 10.2 Å². The molecule has 0 spiro atoms. The van der Waals surface area contributed by atoms with Crippen molar-refractivity contribution in [1.82, 2.24) is 25.7 Å². The smallest absolute Gasteiger partial charge is 0.244 e. The molecule has 2 fully saturated rings. The fourth-order valence-corrected chi connectivity index (χ4v) is 3.52. The van der Waals surface area contributed by atoms with Gasteiger partial charge >= 0.3 is 0 Å². The fourth-order valence-electron chi connectivity index (χ4n) is 3.52. The summed E-state index contributed by atoms with van der Waals surface area (Å²) in [5, 5.41) is 18.8. The van der Waals surface area contributed by atoms with Crippen molar-refractivity contribution in [2.45, 2.75) is 45.1 Å². The van der Waals surface area contributed by atoms with Gasteiger partial charge in [-0.05, 0) is 44.7 Å². The van der Waals surface area contributed by atoms with E-state index in [1.807, 2.05) is 25.3 Å². The van der Waals surface area contributed by atoms with Crippen molar-refractivity contribution in [2.24, 2.45) is 0 Å². The number of aromatic nitrogens is 4. The average Bonchev–Trinajstić information content (AvgIpc) is 3.26. The first-order chi connectivity index (χ1) is 12.7. The topological polar surface area (TPSA) is 86.8 Å². The maximum Gasteiger partial charge on any atom is 0.244 e. The lowest BCUT2D eigenvalue weighted by atomic mass is 9.92. The Labute approximate surface area is 152 Å². The molecule has 1 unspecified atom stereocenters. The van der Waals surface area contributed by atoms with Gasteiger partial charge in [0.15, 0.2) is 5.82 Å². The summed E-state index contributed by atoms with van der Waals surface area (Å²) in [6.07, 6.45) is 7.92. The summed E-state index contributed by atoms with van der Waals surface area (Å²) in [7, 11) is 0. The van der Waals surface area contributed by atoms with Crippen molar-refractivity contribution in [3.63, 3.8) is 0 Å². The van der Waals surface area contributed by atoms with E-state index in [2.05, 4.69) is 30.6 Å². The molecule has 2 aromatic heterocycles. The number of hydrogen-bond acceptors (Lipinski definition) is 5. The normalized spacial score (nSPS) is 19.3. The van der Waals surface area contributed by atoms with E-state index in [1.165, 1.54) is 12.0 Å². The number of anilines is 1. The first kappa shape index (κ1) is 16.8. The van der Waals surface area contributed by atoms with E-state index >= 15 is 0 Å². The van der Waals surface area contributed by atoms with Gasteiger partial charge in [-0.25, -0.2) is 0 Å². The van der Waals surface area contributed by atoms with Crippen LogP contribution < -0.4 is 10.2 Å². The molecule has 7 nitrogen and oxygen atoms in total. The van der Waals surface area contributed by atoms with Gasteiger partial charge in [-0.2, -0.15) is 10.2 Å². The van der Waals surface area contributed by atoms with Crippen LogP contribution in [0.4, 0.5) is 5.82 Å². The molecule has 0 bridgehead atoms. The lowest BCUT2D eigenvalue weighted by Crippen LogP contribution is -2.23. The van der Waals surface area contributed by atoms with Gasteiger partial charge in [0.25, 0.3) is 0 Å². The molecule has 0 radical (unpaired) electrons. The molecule has 1 aliphatic carbocycles. The lowest BCUT2D eigenvalue weighted by Gasteiger charge is -2.17. The van der Waals surface area contributed by atoms with Crippen LogP contribution in [0, 0.1) is 6.92 Å². The Kier molecular flexibility index (Phi) is 4.69. The zero-order valence-corrected chi connectivity index (χ0v) is 15.0. The largest absolute Gasteiger partial charge is 0.354 e.